The fraction of sp³-hybridized carbons (Fsp3) is 0.333. The lowest BCUT2D eigenvalue weighted by molar-refractivity contribution is -0.0899. The lowest BCUT2D eigenvalue weighted by Crippen LogP contribution is -2.10. The minimum absolute atomic E-state index is 0.454. The predicted molar refractivity (Wildman–Crippen MR) is 30.1 cm³/mol. The molecule has 0 aliphatic rings. The lowest BCUT2D eigenvalue weighted by Gasteiger charge is -2.05. The highest BCUT2D eigenvalue weighted by molar-refractivity contribution is 5.23. The molecule has 0 nitrogen and oxygen atoms in total. The van der Waals surface area contributed by atoms with Crippen LogP contribution < -0.4 is 0 Å². The summed E-state index contributed by atoms with van der Waals surface area (Å²) in [6.45, 7) is 3.57. The maximum Gasteiger partial charge on any atom is 0.418 e. The molecule has 0 saturated heterocycles. The van der Waals surface area contributed by atoms with Gasteiger partial charge in [0, 0.05) is 0 Å². The van der Waals surface area contributed by atoms with Crippen LogP contribution in [0.15, 0.2) is 24.1 Å². The number of hydrogen-bond donors (Lipinski definition) is 0. The van der Waals surface area contributed by atoms with Gasteiger partial charge in [0.05, 0.1) is 5.57 Å². The number of allylic oxidation sites excluding steroid dienone is 3. The SMILES string of the molecule is C=C/C(=C(\C)F)C(F)(F)F. The first-order valence-corrected chi connectivity index (χ1v) is 2.45. The largest absolute Gasteiger partial charge is 0.418 e. The summed E-state index contributed by atoms with van der Waals surface area (Å²) in [6, 6.07) is 0. The first kappa shape index (κ1) is 9.20. The van der Waals surface area contributed by atoms with Crippen LogP contribution in [0.25, 0.3) is 0 Å². The molecular formula is C6H6F4. The van der Waals surface area contributed by atoms with E-state index in [-0.39, 0.29) is 0 Å². The van der Waals surface area contributed by atoms with Crippen molar-refractivity contribution >= 4 is 0 Å². The maximum atomic E-state index is 12.0. The number of rotatable bonds is 1. The Bertz CT molecular complexity index is 159. The van der Waals surface area contributed by atoms with E-state index >= 15 is 0 Å². The molecule has 58 valence electrons. The maximum absolute atomic E-state index is 12.0. The van der Waals surface area contributed by atoms with E-state index in [9.17, 15) is 17.6 Å². The number of hydrogen-bond acceptors (Lipinski definition) is 0. The molecule has 0 aromatic carbocycles. The van der Waals surface area contributed by atoms with Crippen molar-refractivity contribution < 1.29 is 17.6 Å². The highest BCUT2D eigenvalue weighted by Crippen LogP contribution is 2.28. The second-order valence-electron chi connectivity index (χ2n) is 1.65. The van der Waals surface area contributed by atoms with Crippen LogP contribution in [-0.2, 0) is 0 Å². The molecule has 0 bridgehead atoms. The first-order chi connectivity index (χ1) is 4.39. The van der Waals surface area contributed by atoms with Gasteiger partial charge in [0.2, 0.25) is 0 Å². The summed E-state index contributed by atoms with van der Waals surface area (Å²) in [6.07, 6.45) is -4.17. The van der Waals surface area contributed by atoms with Crippen molar-refractivity contribution in [1.82, 2.24) is 0 Å². The Morgan fingerprint density at radius 3 is 1.80 bits per heavy atom. The fourth-order valence-corrected chi connectivity index (χ4v) is 0.452. The van der Waals surface area contributed by atoms with Gasteiger partial charge in [-0.05, 0) is 6.92 Å². The Hall–Kier alpha value is -0.800. The summed E-state index contributed by atoms with van der Waals surface area (Å²) in [5.41, 5.74) is -1.31. The van der Waals surface area contributed by atoms with Crippen molar-refractivity contribution in [2.75, 3.05) is 0 Å². The molecule has 0 saturated carbocycles. The molecule has 0 unspecified atom stereocenters. The molecule has 0 N–H and O–H groups in total. The Kier molecular flexibility index (Phi) is 2.63. The van der Waals surface area contributed by atoms with E-state index in [1.54, 1.807) is 0 Å². The van der Waals surface area contributed by atoms with Gasteiger partial charge >= 0.3 is 6.18 Å². The molecule has 0 rings (SSSR count). The summed E-state index contributed by atoms with van der Waals surface area (Å²) in [7, 11) is 0. The van der Waals surface area contributed by atoms with Gasteiger partial charge in [0.25, 0.3) is 0 Å². The van der Waals surface area contributed by atoms with E-state index in [2.05, 4.69) is 6.58 Å². The van der Waals surface area contributed by atoms with Gasteiger partial charge in [-0.15, -0.1) is 0 Å². The molecular weight excluding hydrogens is 148 g/mol. The van der Waals surface area contributed by atoms with Crippen LogP contribution in [0, 0.1) is 0 Å². The van der Waals surface area contributed by atoms with Crippen LogP contribution in [0.1, 0.15) is 6.92 Å². The van der Waals surface area contributed by atoms with Crippen LogP contribution in [0.3, 0.4) is 0 Å². The third kappa shape index (κ3) is 2.21. The zero-order valence-corrected chi connectivity index (χ0v) is 5.30. The molecule has 10 heavy (non-hydrogen) atoms. The highest BCUT2D eigenvalue weighted by Gasteiger charge is 2.33. The molecule has 0 atom stereocenters. The summed E-state index contributed by atoms with van der Waals surface area (Å²) in [5.74, 6) is -1.26. The Morgan fingerprint density at radius 1 is 1.40 bits per heavy atom. The molecule has 0 aromatic heterocycles. The topological polar surface area (TPSA) is 0 Å². The molecule has 0 aliphatic carbocycles. The van der Waals surface area contributed by atoms with E-state index < -0.39 is 17.6 Å². The molecule has 0 amide bonds. The van der Waals surface area contributed by atoms with Crippen molar-refractivity contribution in [3.63, 3.8) is 0 Å². The smallest absolute Gasteiger partial charge is 0.211 e. The average Bonchev–Trinajstić information content (AvgIpc) is 1.60. The second-order valence-corrected chi connectivity index (χ2v) is 1.65. The molecule has 0 spiro atoms. The molecule has 0 aromatic rings. The van der Waals surface area contributed by atoms with Crippen molar-refractivity contribution in [3.05, 3.63) is 24.1 Å². The standard InChI is InChI=1S/C6H6F4/c1-3-5(4(2)7)6(8,9)10/h3H,1H2,2H3/b5-4-. The van der Waals surface area contributed by atoms with Gasteiger partial charge < -0.3 is 0 Å². The fourth-order valence-electron chi connectivity index (χ4n) is 0.452. The molecule has 0 aliphatic heterocycles. The van der Waals surface area contributed by atoms with Gasteiger partial charge in [0.15, 0.2) is 0 Å². The second kappa shape index (κ2) is 2.86. The third-order valence-electron chi connectivity index (χ3n) is 0.881. The van der Waals surface area contributed by atoms with Crippen molar-refractivity contribution in [2.45, 2.75) is 13.1 Å². The summed E-state index contributed by atoms with van der Waals surface area (Å²) in [5, 5.41) is 0. The summed E-state index contributed by atoms with van der Waals surface area (Å²) < 4.78 is 46.8. The van der Waals surface area contributed by atoms with E-state index in [0.717, 1.165) is 6.92 Å². The normalized spacial score (nSPS) is 14.5. The third-order valence-corrected chi connectivity index (χ3v) is 0.881. The van der Waals surface area contributed by atoms with Crippen LogP contribution >= 0.6 is 0 Å². The van der Waals surface area contributed by atoms with E-state index in [0.29, 0.717) is 6.08 Å². The minimum Gasteiger partial charge on any atom is -0.211 e. The van der Waals surface area contributed by atoms with Crippen LogP contribution in [0.4, 0.5) is 17.6 Å². The molecule has 4 heteroatoms. The summed E-state index contributed by atoms with van der Waals surface area (Å²) in [4.78, 5) is 0. The van der Waals surface area contributed by atoms with Crippen LogP contribution in [0.2, 0.25) is 0 Å². The average molecular weight is 154 g/mol. The number of alkyl halides is 3. The number of halogens is 4. The van der Waals surface area contributed by atoms with Crippen molar-refractivity contribution in [1.29, 1.82) is 0 Å². The molecule has 0 heterocycles. The molecule has 0 fully saturated rings. The van der Waals surface area contributed by atoms with Gasteiger partial charge in [-0.2, -0.15) is 13.2 Å². The Labute approximate surface area is 55.8 Å². The van der Waals surface area contributed by atoms with Gasteiger partial charge in [-0.25, -0.2) is 4.39 Å². The predicted octanol–water partition coefficient (Wildman–Crippen LogP) is 2.98. The van der Waals surface area contributed by atoms with Gasteiger partial charge in [-0.3, -0.25) is 0 Å². The zero-order valence-electron chi connectivity index (χ0n) is 5.30. The lowest BCUT2D eigenvalue weighted by atomic mass is 10.2. The van der Waals surface area contributed by atoms with Crippen molar-refractivity contribution in [3.8, 4) is 0 Å². The highest BCUT2D eigenvalue weighted by atomic mass is 19.4. The van der Waals surface area contributed by atoms with Crippen LogP contribution in [-0.4, -0.2) is 6.18 Å². The Balaban J connectivity index is 4.71. The monoisotopic (exact) mass is 154 g/mol. The molecule has 0 radical (unpaired) electrons. The first-order valence-electron chi connectivity index (χ1n) is 2.45. The van der Waals surface area contributed by atoms with E-state index in [4.69, 9.17) is 0 Å². The summed E-state index contributed by atoms with van der Waals surface area (Å²) >= 11 is 0. The van der Waals surface area contributed by atoms with Crippen molar-refractivity contribution in [2.24, 2.45) is 0 Å². The zero-order chi connectivity index (χ0) is 8.36. The van der Waals surface area contributed by atoms with Gasteiger partial charge in [-0.1, -0.05) is 12.7 Å². The Morgan fingerprint density at radius 2 is 1.80 bits per heavy atom. The minimum atomic E-state index is -4.62. The van der Waals surface area contributed by atoms with Crippen LogP contribution in [0.5, 0.6) is 0 Å². The quantitative estimate of drug-likeness (QED) is 0.402. The van der Waals surface area contributed by atoms with E-state index in [1.165, 1.54) is 0 Å². The van der Waals surface area contributed by atoms with Gasteiger partial charge in [0.1, 0.15) is 5.83 Å². The van der Waals surface area contributed by atoms with E-state index in [1.807, 2.05) is 0 Å².